The van der Waals surface area contributed by atoms with Crippen LogP contribution in [-0.2, 0) is 0 Å². The highest BCUT2D eigenvalue weighted by Gasteiger charge is 2.28. The summed E-state index contributed by atoms with van der Waals surface area (Å²) in [6.45, 7) is 1.49. The van der Waals surface area contributed by atoms with Gasteiger partial charge < -0.3 is 10.6 Å². The molecule has 0 unspecified atom stereocenters. The Bertz CT molecular complexity index is 1170. The van der Waals surface area contributed by atoms with Crippen LogP contribution in [0.3, 0.4) is 0 Å². The first kappa shape index (κ1) is 21.7. The molecule has 1 amide bonds. The minimum absolute atomic E-state index is 0.134. The number of hydrogen-bond acceptors (Lipinski definition) is 4. The second-order valence-corrected chi connectivity index (χ2v) is 6.33. The molecule has 3 aromatic carbocycles. The van der Waals surface area contributed by atoms with E-state index in [4.69, 9.17) is 0 Å². The zero-order chi connectivity index (χ0) is 22.9. The summed E-state index contributed by atoms with van der Waals surface area (Å²) in [5.41, 5.74) is -0.972. The standard InChI is InChI=1S/C20H12F5N3O3/c1-9-3-2-4-12(26-10-5-7-11(8-6-10)28(30)31)13(9)20(29)27-19-17(24)15(22)14(21)16(23)18(19)25/h2-8,26H,1H3,(H,27,29). The van der Waals surface area contributed by atoms with Crippen molar-refractivity contribution in [3.05, 3.63) is 92.8 Å². The molecule has 3 aromatic rings. The van der Waals surface area contributed by atoms with Crippen LogP contribution in [0.25, 0.3) is 0 Å². The number of nitrogens with one attached hydrogen (secondary N) is 2. The fourth-order valence-corrected chi connectivity index (χ4v) is 2.79. The van der Waals surface area contributed by atoms with Crippen LogP contribution in [0.1, 0.15) is 15.9 Å². The molecular formula is C20H12F5N3O3. The number of hydrogen-bond donors (Lipinski definition) is 2. The van der Waals surface area contributed by atoms with Crippen LogP contribution in [0.5, 0.6) is 0 Å². The van der Waals surface area contributed by atoms with Gasteiger partial charge in [0.25, 0.3) is 11.6 Å². The number of carbonyl (C=O) groups excluding carboxylic acids is 1. The number of nitro benzene ring substituents is 1. The molecule has 0 aromatic heterocycles. The van der Waals surface area contributed by atoms with E-state index in [2.05, 4.69) is 5.32 Å². The second kappa shape index (κ2) is 8.38. The van der Waals surface area contributed by atoms with Crippen LogP contribution in [0, 0.1) is 46.1 Å². The average molecular weight is 437 g/mol. The summed E-state index contributed by atoms with van der Waals surface area (Å²) in [5, 5.41) is 15.3. The van der Waals surface area contributed by atoms with Gasteiger partial charge in [-0.2, -0.15) is 0 Å². The van der Waals surface area contributed by atoms with Gasteiger partial charge in [-0.15, -0.1) is 0 Å². The number of halogens is 5. The molecule has 0 fully saturated rings. The number of benzene rings is 3. The van der Waals surface area contributed by atoms with Gasteiger partial charge in [0.2, 0.25) is 5.82 Å². The number of nitro groups is 1. The predicted molar refractivity (Wildman–Crippen MR) is 102 cm³/mol. The van der Waals surface area contributed by atoms with Gasteiger partial charge in [-0.3, -0.25) is 14.9 Å². The smallest absolute Gasteiger partial charge is 0.269 e. The van der Waals surface area contributed by atoms with Crippen LogP contribution in [0.2, 0.25) is 0 Å². The van der Waals surface area contributed by atoms with Gasteiger partial charge in [-0.1, -0.05) is 12.1 Å². The Morgan fingerprint density at radius 3 is 1.97 bits per heavy atom. The van der Waals surface area contributed by atoms with Gasteiger partial charge in [0, 0.05) is 17.8 Å². The Kier molecular flexibility index (Phi) is 5.86. The minimum atomic E-state index is -2.34. The van der Waals surface area contributed by atoms with Crippen molar-refractivity contribution in [1.29, 1.82) is 0 Å². The van der Waals surface area contributed by atoms with Gasteiger partial charge >= 0.3 is 0 Å². The molecule has 3 rings (SSSR count). The maximum absolute atomic E-state index is 13.9. The summed E-state index contributed by atoms with van der Waals surface area (Å²) < 4.78 is 67.9. The number of carbonyl (C=O) groups is 1. The predicted octanol–water partition coefficient (Wildman–Crippen LogP) is 5.59. The van der Waals surface area contributed by atoms with E-state index < -0.39 is 45.6 Å². The van der Waals surface area contributed by atoms with E-state index in [0.29, 0.717) is 11.3 Å². The molecule has 2 N–H and O–H groups in total. The van der Waals surface area contributed by atoms with Crippen molar-refractivity contribution in [2.24, 2.45) is 0 Å². The van der Waals surface area contributed by atoms with E-state index >= 15 is 0 Å². The normalized spacial score (nSPS) is 10.6. The molecular weight excluding hydrogens is 425 g/mol. The van der Waals surface area contributed by atoms with Gasteiger partial charge in [-0.25, -0.2) is 22.0 Å². The third-order valence-electron chi connectivity index (χ3n) is 4.31. The molecule has 0 heterocycles. The molecule has 0 aliphatic rings. The van der Waals surface area contributed by atoms with Gasteiger partial charge in [0.15, 0.2) is 23.3 Å². The third-order valence-corrected chi connectivity index (χ3v) is 4.31. The quantitative estimate of drug-likeness (QED) is 0.179. The van der Waals surface area contributed by atoms with Gasteiger partial charge in [0.1, 0.15) is 5.69 Å². The van der Waals surface area contributed by atoms with Crippen molar-refractivity contribution in [3.8, 4) is 0 Å². The fraction of sp³-hybridized carbons (Fsp3) is 0.0500. The first-order valence-corrected chi connectivity index (χ1v) is 8.55. The van der Waals surface area contributed by atoms with E-state index in [9.17, 15) is 36.9 Å². The maximum atomic E-state index is 13.9. The van der Waals surface area contributed by atoms with E-state index in [1.807, 2.05) is 0 Å². The lowest BCUT2D eigenvalue weighted by Gasteiger charge is -2.15. The molecule has 0 radical (unpaired) electrons. The van der Waals surface area contributed by atoms with E-state index in [1.165, 1.54) is 43.3 Å². The Morgan fingerprint density at radius 2 is 1.42 bits per heavy atom. The summed E-state index contributed by atoms with van der Waals surface area (Å²) in [7, 11) is 0. The van der Waals surface area contributed by atoms with Crippen molar-refractivity contribution >= 4 is 28.7 Å². The topological polar surface area (TPSA) is 84.3 Å². The second-order valence-electron chi connectivity index (χ2n) is 6.33. The minimum Gasteiger partial charge on any atom is -0.355 e. The number of aryl methyl sites for hydroxylation is 1. The van der Waals surface area contributed by atoms with Crippen molar-refractivity contribution < 1.29 is 31.7 Å². The van der Waals surface area contributed by atoms with Crippen LogP contribution in [0.15, 0.2) is 42.5 Å². The van der Waals surface area contributed by atoms with Crippen LogP contribution in [-0.4, -0.2) is 10.8 Å². The molecule has 0 aliphatic heterocycles. The number of non-ortho nitro benzene ring substituents is 1. The summed E-state index contributed by atoms with van der Waals surface area (Å²) in [4.78, 5) is 22.8. The molecule has 0 saturated carbocycles. The number of rotatable bonds is 5. The summed E-state index contributed by atoms with van der Waals surface area (Å²) in [5.74, 6) is -12.2. The number of anilines is 3. The Hall–Kier alpha value is -4.02. The lowest BCUT2D eigenvalue weighted by molar-refractivity contribution is -0.384. The molecule has 0 bridgehead atoms. The summed E-state index contributed by atoms with van der Waals surface area (Å²) in [6, 6.07) is 9.65. The molecule has 0 atom stereocenters. The molecule has 31 heavy (non-hydrogen) atoms. The molecule has 160 valence electrons. The number of nitrogens with zero attached hydrogens (tertiary/aromatic N) is 1. The maximum Gasteiger partial charge on any atom is 0.269 e. The van der Waals surface area contributed by atoms with Crippen molar-refractivity contribution in [3.63, 3.8) is 0 Å². The fourth-order valence-electron chi connectivity index (χ4n) is 2.79. The highest BCUT2D eigenvalue weighted by atomic mass is 19.2. The van der Waals surface area contributed by atoms with Crippen molar-refractivity contribution in [2.45, 2.75) is 6.92 Å². The van der Waals surface area contributed by atoms with Gasteiger partial charge in [0.05, 0.1) is 16.2 Å². The molecule has 0 spiro atoms. The largest absolute Gasteiger partial charge is 0.355 e. The van der Waals surface area contributed by atoms with Gasteiger partial charge in [-0.05, 0) is 30.7 Å². The highest BCUT2D eigenvalue weighted by Crippen LogP contribution is 2.30. The Balaban J connectivity index is 1.97. The van der Waals surface area contributed by atoms with Crippen LogP contribution in [0.4, 0.5) is 44.7 Å². The van der Waals surface area contributed by atoms with Crippen LogP contribution < -0.4 is 10.6 Å². The van der Waals surface area contributed by atoms with E-state index in [1.54, 1.807) is 11.4 Å². The molecule has 0 saturated heterocycles. The number of amides is 1. The Morgan fingerprint density at radius 1 is 0.871 bits per heavy atom. The monoisotopic (exact) mass is 437 g/mol. The summed E-state index contributed by atoms with van der Waals surface area (Å²) in [6.07, 6.45) is 0. The molecule has 6 nitrogen and oxygen atoms in total. The Labute approximate surface area is 171 Å². The first-order chi connectivity index (χ1) is 14.6. The lowest BCUT2D eigenvalue weighted by atomic mass is 10.0. The lowest BCUT2D eigenvalue weighted by Crippen LogP contribution is -2.19. The zero-order valence-corrected chi connectivity index (χ0v) is 15.6. The van der Waals surface area contributed by atoms with Crippen molar-refractivity contribution in [2.75, 3.05) is 10.6 Å². The van der Waals surface area contributed by atoms with E-state index in [-0.39, 0.29) is 16.9 Å². The molecule has 0 aliphatic carbocycles. The third kappa shape index (κ3) is 4.15. The van der Waals surface area contributed by atoms with Crippen molar-refractivity contribution in [1.82, 2.24) is 0 Å². The highest BCUT2D eigenvalue weighted by molar-refractivity contribution is 6.09. The molecule has 11 heteroatoms. The van der Waals surface area contributed by atoms with E-state index in [0.717, 1.165) is 0 Å². The SMILES string of the molecule is Cc1cccc(Nc2ccc([N+](=O)[O-])cc2)c1C(=O)Nc1c(F)c(F)c(F)c(F)c1F. The zero-order valence-electron chi connectivity index (χ0n) is 15.6. The van der Waals surface area contributed by atoms with Crippen LogP contribution >= 0.6 is 0 Å². The first-order valence-electron chi connectivity index (χ1n) is 8.55. The average Bonchev–Trinajstić information content (AvgIpc) is 2.74. The summed E-state index contributed by atoms with van der Waals surface area (Å²) >= 11 is 0.